The van der Waals surface area contributed by atoms with Gasteiger partial charge in [0.25, 0.3) is 5.91 Å². The van der Waals surface area contributed by atoms with Gasteiger partial charge in [0.2, 0.25) is 0 Å². The summed E-state index contributed by atoms with van der Waals surface area (Å²) in [5.74, 6) is 0.167. The highest BCUT2D eigenvalue weighted by atomic mass is 35.5. The second kappa shape index (κ2) is 5.18. The van der Waals surface area contributed by atoms with Crippen LogP contribution in [0.15, 0.2) is 30.7 Å². The number of nitrogens with one attached hydrogen (secondary N) is 1. The summed E-state index contributed by atoms with van der Waals surface area (Å²) in [5, 5.41) is 2.98. The Bertz CT molecular complexity index is 565. The van der Waals surface area contributed by atoms with E-state index in [2.05, 4.69) is 15.3 Å². The Hall–Kier alpha value is -1.88. The second-order valence-electron chi connectivity index (χ2n) is 4.07. The molecule has 6 heteroatoms. The van der Waals surface area contributed by atoms with Gasteiger partial charge in [-0.05, 0) is 26.0 Å². The van der Waals surface area contributed by atoms with Crippen molar-refractivity contribution in [2.75, 3.05) is 5.32 Å². The lowest BCUT2D eigenvalue weighted by molar-refractivity contribution is 0.101. The molecule has 0 saturated carbocycles. The molecule has 0 fully saturated rings. The lowest BCUT2D eigenvalue weighted by Crippen LogP contribution is -2.18. The van der Waals surface area contributed by atoms with Crippen LogP contribution < -0.4 is 5.32 Å². The zero-order chi connectivity index (χ0) is 13.1. The number of nitrogens with zero attached hydrogens (tertiary/aromatic N) is 3. The number of carbonyl (C=O) groups excluding carboxylic acids is 1. The van der Waals surface area contributed by atoms with Crippen LogP contribution >= 0.6 is 11.6 Å². The van der Waals surface area contributed by atoms with Crippen LogP contribution in [0.2, 0.25) is 5.15 Å². The fourth-order valence-electron chi connectivity index (χ4n) is 1.62. The number of anilines is 1. The summed E-state index contributed by atoms with van der Waals surface area (Å²) in [6.07, 6.45) is 3.17. The van der Waals surface area contributed by atoms with E-state index in [0.29, 0.717) is 16.7 Å². The molecule has 1 amide bonds. The van der Waals surface area contributed by atoms with Gasteiger partial charge in [0.05, 0.1) is 0 Å². The van der Waals surface area contributed by atoms with Crippen LogP contribution in [0, 0.1) is 0 Å². The Balaban J connectivity index is 2.20. The van der Waals surface area contributed by atoms with Crippen LogP contribution in [0.3, 0.4) is 0 Å². The number of halogens is 1. The number of aromatic nitrogens is 3. The van der Waals surface area contributed by atoms with E-state index in [1.165, 1.54) is 12.4 Å². The van der Waals surface area contributed by atoms with Crippen molar-refractivity contribution in [1.82, 2.24) is 14.5 Å². The molecule has 0 aliphatic rings. The van der Waals surface area contributed by atoms with E-state index in [9.17, 15) is 4.79 Å². The van der Waals surface area contributed by atoms with Crippen molar-refractivity contribution in [3.8, 4) is 0 Å². The van der Waals surface area contributed by atoms with Crippen molar-refractivity contribution in [2.45, 2.75) is 19.9 Å². The predicted octanol–water partition coefficient (Wildman–Crippen LogP) is 2.76. The fourth-order valence-corrected chi connectivity index (χ4v) is 1.77. The van der Waals surface area contributed by atoms with Crippen LogP contribution in [0.25, 0.3) is 0 Å². The highest BCUT2D eigenvalue weighted by molar-refractivity contribution is 6.29. The monoisotopic (exact) mass is 264 g/mol. The van der Waals surface area contributed by atoms with Gasteiger partial charge in [-0.25, -0.2) is 9.97 Å². The van der Waals surface area contributed by atoms with E-state index in [4.69, 9.17) is 11.6 Å². The Morgan fingerprint density at radius 1 is 1.44 bits per heavy atom. The molecule has 0 aromatic carbocycles. The Morgan fingerprint density at radius 3 is 2.89 bits per heavy atom. The summed E-state index contributed by atoms with van der Waals surface area (Å²) in [7, 11) is 0. The average Bonchev–Trinajstić information content (AvgIpc) is 2.77. The largest absolute Gasteiger partial charge is 0.341 e. The Labute approximate surface area is 110 Å². The maximum atomic E-state index is 12.1. The summed E-state index contributed by atoms with van der Waals surface area (Å²) in [4.78, 5) is 19.8. The van der Waals surface area contributed by atoms with E-state index in [1.54, 1.807) is 6.07 Å². The highest BCUT2D eigenvalue weighted by Crippen LogP contribution is 2.14. The molecule has 94 valence electrons. The van der Waals surface area contributed by atoms with Crippen molar-refractivity contribution in [3.63, 3.8) is 0 Å². The molecule has 0 atom stereocenters. The number of rotatable bonds is 3. The minimum absolute atomic E-state index is 0.217. The molecule has 2 heterocycles. The normalized spacial score (nSPS) is 10.7. The van der Waals surface area contributed by atoms with Gasteiger partial charge in [-0.1, -0.05) is 11.6 Å². The second-order valence-corrected chi connectivity index (χ2v) is 4.46. The van der Waals surface area contributed by atoms with Crippen LogP contribution in [-0.4, -0.2) is 20.4 Å². The Morgan fingerprint density at radius 2 is 2.22 bits per heavy atom. The first-order valence-electron chi connectivity index (χ1n) is 5.53. The van der Waals surface area contributed by atoms with Crippen molar-refractivity contribution >= 4 is 23.3 Å². The van der Waals surface area contributed by atoms with Gasteiger partial charge in [-0.2, -0.15) is 0 Å². The summed E-state index contributed by atoms with van der Waals surface area (Å²) in [6, 6.07) is 5.32. The molecule has 0 radical (unpaired) electrons. The molecule has 2 rings (SSSR count). The third-order valence-corrected chi connectivity index (χ3v) is 2.65. The summed E-state index contributed by atoms with van der Waals surface area (Å²) in [6.45, 7) is 4.02. The quantitative estimate of drug-likeness (QED) is 0.867. The molecule has 1 N–H and O–H groups in total. The van der Waals surface area contributed by atoms with Gasteiger partial charge in [-0.15, -0.1) is 0 Å². The molecule has 0 saturated heterocycles. The minimum Gasteiger partial charge on any atom is -0.341 e. The topological polar surface area (TPSA) is 59.8 Å². The van der Waals surface area contributed by atoms with E-state index in [1.807, 2.05) is 30.7 Å². The first-order valence-corrected chi connectivity index (χ1v) is 5.91. The van der Waals surface area contributed by atoms with Crippen molar-refractivity contribution < 1.29 is 4.79 Å². The molecular formula is C12H13ClN4O. The molecule has 0 aliphatic heterocycles. The minimum atomic E-state index is -0.219. The molecule has 18 heavy (non-hydrogen) atoms. The van der Waals surface area contributed by atoms with Crippen LogP contribution in [0.1, 0.15) is 30.4 Å². The zero-order valence-electron chi connectivity index (χ0n) is 10.1. The van der Waals surface area contributed by atoms with Gasteiger partial charge < -0.3 is 9.88 Å². The summed E-state index contributed by atoms with van der Waals surface area (Å²) in [5.41, 5.74) is 0.583. The van der Waals surface area contributed by atoms with Crippen LogP contribution in [0.4, 0.5) is 5.82 Å². The lowest BCUT2D eigenvalue weighted by Gasteiger charge is -2.12. The van der Waals surface area contributed by atoms with E-state index in [0.717, 1.165) is 0 Å². The molecule has 2 aromatic rings. The molecule has 5 nitrogen and oxygen atoms in total. The number of hydrogen-bond acceptors (Lipinski definition) is 3. The summed E-state index contributed by atoms with van der Waals surface area (Å²) < 4.78 is 1.89. The smallest absolute Gasteiger partial charge is 0.273 e. The van der Waals surface area contributed by atoms with Crippen molar-refractivity contribution in [2.24, 2.45) is 0 Å². The number of hydrogen-bond donors (Lipinski definition) is 1. The lowest BCUT2D eigenvalue weighted by atomic mass is 10.3. The van der Waals surface area contributed by atoms with Gasteiger partial charge >= 0.3 is 0 Å². The predicted molar refractivity (Wildman–Crippen MR) is 69.8 cm³/mol. The highest BCUT2D eigenvalue weighted by Gasteiger charge is 2.13. The van der Waals surface area contributed by atoms with Gasteiger partial charge in [0.1, 0.15) is 23.0 Å². The average molecular weight is 265 g/mol. The van der Waals surface area contributed by atoms with Gasteiger partial charge in [0, 0.05) is 18.3 Å². The molecule has 0 spiro atoms. The van der Waals surface area contributed by atoms with E-state index < -0.39 is 0 Å². The fraction of sp³-hybridized carbons (Fsp3) is 0.250. The third-order valence-electron chi connectivity index (χ3n) is 2.44. The molecule has 0 unspecified atom stereocenters. The van der Waals surface area contributed by atoms with Crippen molar-refractivity contribution in [3.05, 3.63) is 41.6 Å². The molecule has 0 aliphatic carbocycles. The number of carbonyl (C=O) groups is 1. The van der Waals surface area contributed by atoms with Crippen LogP contribution in [0.5, 0.6) is 0 Å². The maximum Gasteiger partial charge on any atom is 0.273 e. The van der Waals surface area contributed by atoms with Gasteiger partial charge in [0.15, 0.2) is 0 Å². The first-order chi connectivity index (χ1) is 8.58. The maximum absolute atomic E-state index is 12.1. The van der Waals surface area contributed by atoms with Gasteiger partial charge in [-0.3, -0.25) is 4.79 Å². The van der Waals surface area contributed by atoms with Crippen molar-refractivity contribution in [1.29, 1.82) is 0 Å². The Kier molecular flexibility index (Phi) is 3.62. The molecule has 0 bridgehead atoms. The molecular weight excluding hydrogens is 252 g/mol. The van der Waals surface area contributed by atoms with E-state index >= 15 is 0 Å². The van der Waals surface area contributed by atoms with Crippen LogP contribution in [-0.2, 0) is 0 Å². The SMILES string of the molecule is CC(C)n1cccc1C(=O)Nc1cc(Cl)ncn1. The zero-order valence-corrected chi connectivity index (χ0v) is 10.8. The third kappa shape index (κ3) is 2.68. The standard InChI is InChI=1S/C12H13ClN4O/c1-8(2)17-5-3-4-9(17)12(18)16-11-6-10(13)14-7-15-11/h3-8H,1-2H3,(H,14,15,16,18). The van der Waals surface area contributed by atoms with E-state index in [-0.39, 0.29) is 11.9 Å². The molecule has 2 aromatic heterocycles. The summed E-state index contributed by atoms with van der Waals surface area (Å²) >= 11 is 5.73. The number of amides is 1. The first kappa shape index (κ1) is 12.6.